The largest absolute Gasteiger partial charge is 0.459 e. The van der Waals surface area contributed by atoms with Crippen LogP contribution in [0.15, 0.2) is 53.1 Å². The molecular weight excluding hydrogens is 370 g/mol. The van der Waals surface area contributed by atoms with E-state index >= 15 is 0 Å². The van der Waals surface area contributed by atoms with Crippen LogP contribution in [-0.2, 0) is 16.1 Å². The number of likely N-dealkylation sites (tertiary alicyclic amines) is 1. The molecular formula is C22H27N3O4. The van der Waals surface area contributed by atoms with E-state index in [1.807, 2.05) is 18.2 Å². The number of rotatable bonds is 6. The number of hydrogen-bond acceptors (Lipinski definition) is 5. The van der Waals surface area contributed by atoms with Crippen LogP contribution in [0, 0.1) is 0 Å². The molecule has 0 unspecified atom stereocenters. The molecule has 2 fully saturated rings. The normalized spacial score (nSPS) is 22.6. The van der Waals surface area contributed by atoms with Crippen molar-refractivity contribution < 1.29 is 18.7 Å². The van der Waals surface area contributed by atoms with Gasteiger partial charge in [0, 0.05) is 32.7 Å². The van der Waals surface area contributed by atoms with Crippen LogP contribution in [0.4, 0.5) is 0 Å². The Labute approximate surface area is 170 Å². The van der Waals surface area contributed by atoms with E-state index < -0.39 is 6.04 Å². The molecule has 7 heteroatoms. The zero-order valence-corrected chi connectivity index (χ0v) is 16.5. The Morgan fingerprint density at radius 1 is 1.10 bits per heavy atom. The van der Waals surface area contributed by atoms with Gasteiger partial charge in [0.05, 0.1) is 19.0 Å². The van der Waals surface area contributed by atoms with Crippen LogP contribution >= 0.6 is 0 Å². The summed E-state index contributed by atoms with van der Waals surface area (Å²) in [5.41, 5.74) is 1.27. The summed E-state index contributed by atoms with van der Waals surface area (Å²) < 4.78 is 11.0. The molecule has 0 spiro atoms. The van der Waals surface area contributed by atoms with Gasteiger partial charge >= 0.3 is 0 Å². The van der Waals surface area contributed by atoms with Crippen LogP contribution in [0.25, 0.3) is 0 Å². The van der Waals surface area contributed by atoms with Crippen LogP contribution in [-0.4, -0.2) is 66.5 Å². The van der Waals surface area contributed by atoms with Gasteiger partial charge in [0.25, 0.3) is 5.91 Å². The number of benzene rings is 1. The number of morpholine rings is 1. The summed E-state index contributed by atoms with van der Waals surface area (Å²) in [5, 5.41) is 2.99. The fourth-order valence-corrected chi connectivity index (χ4v) is 4.05. The maximum Gasteiger partial charge on any atom is 0.290 e. The number of carbonyl (C=O) groups is 2. The van der Waals surface area contributed by atoms with Gasteiger partial charge in [-0.25, -0.2) is 0 Å². The fraction of sp³-hybridized carbons (Fsp3) is 0.455. The molecule has 2 aromatic rings. The number of nitrogens with zero attached hydrogens (tertiary/aromatic N) is 2. The van der Waals surface area contributed by atoms with Crippen LogP contribution < -0.4 is 5.32 Å². The highest BCUT2D eigenvalue weighted by Crippen LogP contribution is 2.20. The molecule has 2 aliphatic rings. The van der Waals surface area contributed by atoms with E-state index in [1.165, 1.54) is 11.8 Å². The lowest BCUT2D eigenvalue weighted by molar-refractivity contribution is -0.126. The van der Waals surface area contributed by atoms with Crippen molar-refractivity contribution in [1.29, 1.82) is 0 Å². The Kier molecular flexibility index (Phi) is 6.27. The van der Waals surface area contributed by atoms with Gasteiger partial charge in [0.15, 0.2) is 5.76 Å². The second kappa shape index (κ2) is 9.24. The van der Waals surface area contributed by atoms with Crippen molar-refractivity contribution in [1.82, 2.24) is 15.1 Å². The van der Waals surface area contributed by atoms with Crippen LogP contribution in [0.2, 0.25) is 0 Å². The van der Waals surface area contributed by atoms with Gasteiger partial charge in [-0.2, -0.15) is 0 Å². The molecule has 154 valence electrons. The Bertz CT molecular complexity index is 809. The molecule has 2 saturated heterocycles. The maximum absolute atomic E-state index is 12.7. The molecule has 0 aliphatic carbocycles. The summed E-state index contributed by atoms with van der Waals surface area (Å²) in [6, 6.07) is 13.2. The van der Waals surface area contributed by atoms with Crippen LogP contribution in [0.5, 0.6) is 0 Å². The highest BCUT2D eigenvalue weighted by molar-refractivity contribution is 5.95. The van der Waals surface area contributed by atoms with E-state index in [0.29, 0.717) is 26.1 Å². The van der Waals surface area contributed by atoms with Gasteiger partial charge in [-0.15, -0.1) is 0 Å². The summed E-state index contributed by atoms with van der Waals surface area (Å²) in [6.45, 7) is 4.21. The molecule has 29 heavy (non-hydrogen) atoms. The van der Waals surface area contributed by atoms with Gasteiger partial charge in [0.2, 0.25) is 5.91 Å². The van der Waals surface area contributed by atoms with Crippen molar-refractivity contribution in [3.05, 3.63) is 60.1 Å². The molecule has 3 heterocycles. The van der Waals surface area contributed by atoms with Crippen molar-refractivity contribution in [2.24, 2.45) is 0 Å². The first-order valence-corrected chi connectivity index (χ1v) is 10.2. The first-order valence-electron chi connectivity index (χ1n) is 10.2. The van der Waals surface area contributed by atoms with Gasteiger partial charge in [0.1, 0.15) is 6.04 Å². The van der Waals surface area contributed by atoms with Gasteiger partial charge in [-0.05, 0) is 30.5 Å². The third-order valence-corrected chi connectivity index (χ3v) is 5.52. The van der Waals surface area contributed by atoms with E-state index in [4.69, 9.17) is 9.15 Å². The van der Waals surface area contributed by atoms with Gasteiger partial charge < -0.3 is 19.4 Å². The Hall–Kier alpha value is -2.64. The number of ether oxygens (including phenoxy) is 1. The average molecular weight is 397 g/mol. The van der Waals surface area contributed by atoms with Gasteiger partial charge in [-0.1, -0.05) is 30.3 Å². The molecule has 0 bridgehead atoms. The van der Waals surface area contributed by atoms with Gasteiger partial charge in [-0.3, -0.25) is 14.5 Å². The van der Waals surface area contributed by atoms with Crippen LogP contribution in [0.1, 0.15) is 29.0 Å². The highest BCUT2D eigenvalue weighted by atomic mass is 16.5. The van der Waals surface area contributed by atoms with Crippen molar-refractivity contribution in [2.75, 3.05) is 32.8 Å². The zero-order valence-electron chi connectivity index (χ0n) is 16.5. The number of nitrogens with one attached hydrogen (secondary N) is 1. The summed E-state index contributed by atoms with van der Waals surface area (Å²) in [4.78, 5) is 29.3. The summed E-state index contributed by atoms with van der Waals surface area (Å²) >= 11 is 0. The third kappa shape index (κ3) is 4.86. The number of hydrogen-bond donors (Lipinski definition) is 1. The molecule has 1 aromatic carbocycles. The minimum Gasteiger partial charge on any atom is -0.459 e. The van der Waals surface area contributed by atoms with E-state index in [2.05, 4.69) is 22.3 Å². The predicted molar refractivity (Wildman–Crippen MR) is 107 cm³/mol. The molecule has 2 aliphatic heterocycles. The zero-order chi connectivity index (χ0) is 20.1. The first kappa shape index (κ1) is 19.7. The summed E-state index contributed by atoms with van der Waals surface area (Å²) in [7, 11) is 0. The minimum absolute atomic E-state index is 0.0490. The standard InChI is InChI=1S/C22H27N3O4/c26-21(19-8-4-10-25(19)22(27)20-9-5-12-29-20)23-14-18-16-24(11-13-28-18)15-17-6-2-1-3-7-17/h1-3,5-7,9,12,18-19H,4,8,10-11,13-16H2,(H,23,26)/t18-,19-/m1/s1. The van der Waals surface area contributed by atoms with Crippen molar-refractivity contribution >= 4 is 11.8 Å². The lowest BCUT2D eigenvalue weighted by Crippen LogP contribution is -2.51. The Morgan fingerprint density at radius 3 is 2.76 bits per heavy atom. The fourth-order valence-electron chi connectivity index (χ4n) is 4.05. The topological polar surface area (TPSA) is 75.0 Å². The minimum atomic E-state index is -0.448. The lowest BCUT2D eigenvalue weighted by atomic mass is 10.1. The SMILES string of the molecule is O=C(NC[C@@H]1CN(Cc2ccccc2)CCO1)[C@H]1CCCN1C(=O)c1ccco1. The maximum atomic E-state index is 12.7. The number of furan rings is 1. The molecule has 2 amide bonds. The van der Waals surface area contributed by atoms with Crippen molar-refractivity contribution in [3.8, 4) is 0 Å². The van der Waals surface area contributed by atoms with E-state index in [9.17, 15) is 9.59 Å². The van der Waals surface area contributed by atoms with Crippen LogP contribution in [0.3, 0.4) is 0 Å². The first-order chi connectivity index (χ1) is 14.2. The molecule has 0 saturated carbocycles. The molecule has 1 aromatic heterocycles. The molecule has 4 rings (SSSR count). The third-order valence-electron chi connectivity index (χ3n) is 5.52. The number of carbonyl (C=O) groups excluding carboxylic acids is 2. The summed E-state index contributed by atoms with van der Waals surface area (Å²) in [5.74, 6) is -0.0707. The van der Waals surface area contributed by atoms with Crippen molar-refractivity contribution in [3.63, 3.8) is 0 Å². The highest BCUT2D eigenvalue weighted by Gasteiger charge is 2.35. The second-order valence-corrected chi connectivity index (χ2v) is 7.59. The predicted octanol–water partition coefficient (Wildman–Crippen LogP) is 1.90. The lowest BCUT2D eigenvalue weighted by Gasteiger charge is -2.33. The number of amides is 2. The van der Waals surface area contributed by atoms with Crippen molar-refractivity contribution in [2.45, 2.75) is 31.5 Å². The molecule has 0 radical (unpaired) electrons. The van der Waals surface area contributed by atoms with E-state index in [0.717, 1.165) is 26.1 Å². The monoisotopic (exact) mass is 397 g/mol. The second-order valence-electron chi connectivity index (χ2n) is 7.59. The molecule has 1 N–H and O–H groups in total. The molecule has 2 atom stereocenters. The van der Waals surface area contributed by atoms with E-state index in [-0.39, 0.29) is 23.7 Å². The van der Waals surface area contributed by atoms with E-state index in [1.54, 1.807) is 17.0 Å². The quantitative estimate of drug-likeness (QED) is 0.806. The molecule has 7 nitrogen and oxygen atoms in total. The Balaban J connectivity index is 1.28. The average Bonchev–Trinajstić information content (AvgIpc) is 3.45. The smallest absolute Gasteiger partial charge is 0.290 e. The Morgan fingerprint density at radius 2 is 1.97 bits per heavy atom. The summed E-state index contributed by atoms with van der Waals surface area (Å²) in [6.07, 6.45) is 2.91.